The van der Waals surface area contributed by atoms with Gasteiger partial charge in [-0.15, -0.1) is 0 Å². The number of esters is 1. The molecule has 1 aliphatic carbocycles. The number of aliphatic hydroxyl groups excluding tert-OH is 2. The zero-order valence-electron chi connectivity index (χ0n) is 20.0. The molecule has 1 saturated carbocycles. The van der Waals surface area contributed by atoms with Gasteiger partial charge in [0.05, 0.1) is 11.6 Å². The molecule has 0 spiro atoms. The Labute approximate surface area is 207 Å². The summed E-state index contributed by atoms with van der Waals surface area (Å²) in [5.74, 6) is -0.293. The highest BCUT2D eigenvalue weighted by Crippen LogP contribution is 2.36. The molecule has 3 heterocycles. The Hall–Kier alpha value is -2.54. The number of carbonyl (C=O) groups is 2. The molecule has 13 heteroatoms. The number of aromatic nitrogens is 4. The van der Waals surface area contributed by atoms with Gasteiger partial charge in [-0.3, -0.25) is 9.69 Å². The lowest BCUT2D eigenvalue weighted by molar-refractivity contribution is -0.147. The Morgan fingerprint density at radius 1 is 1.23 bits per heavy atom. The van der Waals surface area contributed by atoms with E-state index in [2.05, 4.69) is 15.1 Å². The van der Waals surface area contributed by atoms with Crippen LogP contribution in [0.2, 0.25) is 5.28 Å². The zero-order chi connectivity index (χ0) is 25.5. The first kappa shape index (κ1) is 25.5. The van der Waals surface area contributed by atoms with E-state index in [9.17, 15) is 19.8 Å². The van der Waals surface area contributed by atoms with Gasteiger partial charge >= 0.3 is 12.1 Å². The van der Waals surface area contributed by atoms with Gasteiger partial charge in [-0.2, -0.15) is 15.1 Å². The van der Waals surface area contributed by atoms with Crippen LogP contribution in [0.1, 0.15) is 59.6 Å². The van der Waals surface area contributed by atoms with E-state index in [1.807, 2.05) is 0 Å². The van der Waals surface area contributed by atoms with E-state index in [4.69, 9.17) is 25.8 Å². The summed E-state index contributed by atoms with van der Waals surface area (Å²) < 4.78 is 17.6. The third kappa shape index (κ3) is 5.35. The lowest BCUT2D eigenvalue weighted by Gasteiger charge is -2.31. The molecule has 2 aromatic rings. The fourth-order valence-electron chi connectivity index (χ4n) is 4.41. The first-order chi connectivity index (χ1) is 16.5. The van der Waals surface area contributed by atoms with Crippen molar-refractivity contribution >= 4 is 40.5 Å². The molecule has 2 aliphatic rings. The molecular weight excluding hydrogens is 482 g/mol. The molecule has 4 atom stereocenters. The summed E-state index contributed by atoms with van der Waals surface area (Å²) in [6, 6.07) is -0.134. The van der Waals surface area contributed by atoms with E-state index in [0.29, 0.717) is 5.39 Å². The van der Waals surface area contributed by atoms with Gasteiger partial charge in [0.15, 0.2) is 17.7 Å². The van der Waals surface area contributed by atoms with E-state index in [1.54, 1.807) is 20.8 Å². The summed E-state index contributed by atoms with van der Waals surface area (Å²) in [6.45, 7) is 6.36. The van der Waals surface area contributed by atoms with Crippen LogP contribution >= 0.6 is 11.6 Å². The molecule has 1 aliphatic heterocycles. The van der Waals surface area contributed by atoms with Crippen molar-refractivity contribution in [3.8, 4) is 0 Å². The molecule has 4 unspecified atom stereocenters. The smallest absolute Gasteiger partial charge is 0.416 e. The lowest BCUT2D eigenvalue weighted by atomic mass is 10.1. The van der Waals surface area contributed by atoms with Gasteiger partial charge in [-0.05, 0) is 45.2 Å². The molecular formula is C22H30ClN5O7. The van der Waals surface area contributed by atoms with Crippen LogP contribution in [-0.4, -0.2) is 78.6 Å². The first-order valence-corrected chi connectivity index (χ1v) is 11.9. The molecule has 1 amide bonds. The van der Waals surface area contributed by atoms with Crippen molar-refractivity contribution in [1.82, 2.24) is 19.7 Å². The van der Waals surface area contributed by atoms with Crippen LogP contribution in [0.15, 0.2) is 6.20 Å². The second kappa shape index (κ2) is 9.84. The number of ether oxygens (including phenoxy) is 3. The van der Waals surface area contributed by atoms with Crippen LogP contribution in [0.4, 0.5) is 10.6 Å². The molecule has 4 rings (SSSR count). The third-order valence-electron chi connectivity index (χ3n) is 5.94. The predicted octanol–water partition coefficient (Wildman–Crippen LogP) is 2.35. The van der Waals surface area contributed by atoms with Crippen molar-refractivity contribution in [2.24, 2.45) is 0 Å². The summed E-state index contributed by atoms with van der Waals surface area (Å²) in [6.07, 6.45) is -0.411. The minimum absolute atomic E-state index is 0.134. The Balaban J connectivity index is 1.73. The number of hydrogen-bond donors (Lipinski definition) is 2. The number of carbonyl (C=O) groups excluding carboxylic acids is 2. The van der Waals surface area contributed by atoms with Gasteiger partial charge < -0.3 is 24.4 Å². The van der Waals surface area contributed by atoms with Crippen LogP contribution < -0.4 is 4.90 Å². The maximum atomic E-state index is 13.3. The highest BCUT2D eigenvalue weighted by molar-refractivity contribution is 6.28. The number of fused-ring (bicyclic) bond motifs is 1. The van der Waals surface area contributed by atoms with Crippen molar-refractivity contribution in [2.45, 2.75) is 89.6 Å². The monoisotopic (exact) mass is 511 g/mol. The van der Waals surface area contributed by atoms with E-state index in [1.165, 1.54) is 22.7 Å². The van der Waals surface area contributed by atoms with E-state index in [0.717, 1.165) is 25.7 Å². The van der Waals surface area contributed by atoms with Gasteiger partial charge in [0.1, 0.15) is 30.5 Å². The molecule has 0 radical (unpaired) electrons. The molecule has 192 valence electrons. The van der Waals surface area contributed by atoms with E-state index < -0.39 is 42.2 Å². The Bertz CT molecular complexity index is 1100. The SMILES string of the molecule is CC(=O)OCC1OC(n2ncc3c(N(C(=O)OC(C)(C)C)C4CCCC4)nc(Cl)nc32)C(O)C1O. The van der Waals surface area contributed by atoms with Gasteiger partial charge in [-0.25, -0.2) is 9.48 Å². The normalized spacial score (nSPS) is 25.2. The zero-order valence-corrected chi connectivity index (χ0v) is 20.8. The van der Waals surface area contributed by atoms with Crippen LogP contribution in [0.25, 0.3) is 11.0 Å². The van der Waals surface area contributed by atoms with Crippen molar-refractivity contribution in [1.29, 1.82) is 0 Å². The standard InChI is InChI=1S/C22H30ClN5O7/c1-11(29)33-10-14-15(30)16(31)19(34-14)28-18-13(9-24-28)17(25-20(23)26-18)27(12-7-5-6-8-12)21(32)35-22(2,3)4/h9,12,14-16,19,30-31H,5-8,10H2,1-4H3. The molecule has 35 heavy (non-hydrogen) atoms. The molecule has 0 bridgehead atoms. The second-order valence-electron chi connectivity index (χ2n) is 9.78. The fraction of sp³-hybridized carbons (Fsp3) is 0.682. The van der Waals surface area contributed by atoms with Crippen LogP contribution in [-0.2, 0) is 19.0 Å². The lowest BCUT2D eigenvalue weighted by Crippen LogP contribution is -2.43. The van der Waals surface area contributed by atoms with Gasteiger partial charge in [0.2, 0.25) is 5.28 Å². The average molecular weight is 512 g/mol. The topological polar surface area (TPSA) is 149 Å². The molecule has 2 N–H and O–H groups in total. The maximum Gasteiger partial charge on any atom is 0.416 e. The van der Waals surface area contributed by atoms with Gasteiger partial charge in [0, 0.05) is 13.0 Å². The number of nitrogens with zero attached hydrogens (tertiary/aromatic N) is 5. The highest BCUT2D eigenvalue weighted by atomic mass is 35.5. The van der Waals surface area contributed by atoms with Crippen molar-refractivity contribution < 1.29 is 34.0 Å². The number of rotatable bonds is 5. The first-order valence-electron chi connectivity index (χ1n) is 11.5. The summed E-state index contributed by atoms with van der Waals surface area (Å²) >= 11 is 6.27. The molecule has 0 aromatic carbocycles. The van der Waals surface area contributed by atoms with Crippen molar-refractivity contribution in [3.05, 3.63) is 11.5 Å². The maximum absolute atomic E-state index is 13.3. The van der Waals surface area contributed by atoms with Crippen molar-refractivity contribution in [2.75, 3.05) is 11.5 Å². The van der Waals surface area contributed by atoms with E-state index in [-0.39, 0.29) is 29.4 Å². The Morgan fingerprint density at radius 2 is 1.91 bits per heavy atom. The summed E-state index contributed by atoms with van der Waals surface area (Å²) in [4.78, 5) is 34.5. The molecule has 1 saturated heterocycles. The van der Waals surface area contributed by atoms with E-state index >= 15 is 0 Å². The summed E-state index contributed by atoms with van der Waals surface area (Å²) in [5, 5.41) is 25.6. The van der Waals surface area contributed by atoms with Crippen molar-refractivity contribution in [3.63, 3.8) is 0 Å². The minimum Gasteiger partial charge on any atom is -0.463 e. The molecule has 12 nitrogen and oxygen atoms in total. The number of hydrogen-bond acceptors (Lipinski definition) is 10. The third-order valence-corrected chi connectivity index (χ3v) is 6.11. The highest BCUT2D eigenvalue weighted by Gasteiger charge is 2.45. The Kier molecular flexibility index (Phi) is 7.18. The van der Waals surface area contributed by atoms with Gasteiger partial charge in [0.25, 0.3) is 0 Å². The Morgan fingerprint density at radius 3 is 2.54 bits per heavy atom. The van der Waals surface area contributed by atoms with Crippen LogP contribution in [0.3, 0.4) is 0 Å². The number of halogens is 1. The molecule has 2 fully saturated rings. The fourth-order valence-corrected chi connectivity index (χ4v) is 4.57. The minimum atomic E-state index is -1.38. The average Bonchev–Trinajstić information content (AvgIpc) is 3.47. The largest absolute Gasteiger partial charge is 0.463 e. The quantitative estimate of drug-likeness (QED) is 0.452. The van der Waals surface area contributed by atoms with Crippen LogP contribution in [0, 0.1) is 0 Å². The van der Waals surface area contributed by atoms with Gasteiger partial charge in [-0.1, -0.05) is 12.8 Å². The number of aliphatic hydroxyl groups is 2. The summed E-state index contributed by atoms with van der Waals surface area (Å²) in [5.41, 5.74) is -0.515. The second-order valence-corrected chi connectivity index (χ2v) is 10.1. The molecule has 2 aromatic heterocycles. The number of amides is 1. The summed E-state index contributed by atoms with van der Waals surface area (Å²) in [7, 11) is 0. The number of anilines is 1. The predicted molar refractivity (Wildman–Crippen MR) is 124 cm³/mol. The van der Waals surface area contributed by atoms with Crippen LogP contribution in [0.5, 0.6) is 0 Å².